The minimum absolute atomic E-state index is 0.623. The van der Waals surface area contributed by atoms with Crippen LogP contribution < -0.4 is 0 Å². The summed E-state index contributed by atoms with van der Waals surface area (Å²) in [7, 11) is 0. The summed E-state index contributed by atoms with van der Waals surface area (Å²) in [4.78, 5) is 21.8. The second-order valence-electron chi connectivity index (χ2n) is 3.18. The van der Waals surface area contributed by atoms with Gasteiger partial charge in [-0.05, 0) is 27.7 Å². The third kappa shape index (κ3) is 7.00. The second kappa shape index (κ2) is 5.30. The number of carbonyl (C=O) groups excluding carboxylic acids is 2. The van der Waals surface area contributed by atoms with Crippen molar-refractivity contribution in [2.75, 3.05) is 0 Å². The van der Waals surface area contributed by atoms with Crippen molar-refractivity contribution in [3.63, 3.8) is 0 Å². The van der Waals surface area contributed by atoms with Crippen LogP contribution in [0.5, 0.6) is 0 Å². The van der Waals surface area contributed by atoms with Crippen LogP contribution in [0.4, 0.5) is 0 Å². The topological polar surface area (TPSA) is 43.4 Å². The third-order valence-corrected chi connectivity index (χ3v) is 1.01. The minimum Gasteiger partial charge on any atom is -0.387 e. The summed E-state index contributed by atoms with van der Waals surface area (Å²) in [6, 6.07) is 0. The van der Waals surface area contributed by atoms with E-state index < -0.39 is 11.9 Å². The Labute approximate surface area is 78.1 Å². The van der Waals surface area contributed by atoms with Crippen LogP contribution in [0.3, 0.4) is 0 Å². The molecule has 0 spiro atoms. The van der Waals surface area contributed by atoms with Gasteiger partial charge in [-0.2, -0.15) is 0 Å². The summed E-state index contributed by atoms with van der Waals surface area (Å²) >= 11 is 0. The fourth-order valence-corrected chi connectivity index (χ4v) is 0.629. The van der Waals surface area contributed by atoms with Gasteiger partial charge in [0.2, 0.25) is 0 Å². The smallest absolute Gasteiger partial charge is 0.338 e. The molecule has 0 heterocycles. The van der Waals surface area contributed by atoms with Gasteiger partial charge >= 0.3 is 11.9 Å². The van der Waals surface area contributed by atoms with Crippen LogP contribution in [0.2, 0.25) is 0 Å². The van der Waals surface area contributed by atoms with E-state index in [2.05, 4.69) is 4.74 Å². The van der Waals surface area contributed by atoms with Crippen molar-refractivity contribution in [2.45, 2.75) is 27.7 Å². The zero-order chi connectivity index (χ0) is 10.4. The van der Waals surface area contributed by atoms with Gasteiger partial charge in [0.05, 0.1) is 0 Å². The highest BCUT2D eigenvalue weighted by atomic mass is 16.6. The lowest BCUT2D eigenvalue weighted by atomic mass is 10.3. The summed E-state index contributed by atoms with van der Waals surface area (Å²) in [5.41, 5.74) is 1.60. The molecule has 0 aliphatic heterocycles. The van der Waals surface area contributed by atoms with Crippen molar-refractivity contribution in [3.8, 4) is 0 Å². The first-order valence-corrected chi connectivity index (χ1v) is 3.97. The Morgan fingerprint density at radius 2 is 1.15 bits per heavy atom. The summed E-state index contributed by atoms with van der Waals surface area (Å²) in [6.45, 7) is 7.03. The minimum atomic E-state index is -0.623. The molecule has 0 aliphatic rings. The lowest BCUT2D eigenvalue weighted by molar-refractivity contribution is -0.152. The molecular weight excluding hydrogens is 168 g/mol. The standard InChI is InChI=1S/C10H14O3/c1-7(2)5-9(11)13-10(12)6-8(3)4/h5-6H,1-4H3. The molecule has 0 bridgehead atoms. The van der Waals surface area contributed by atoms with E-state index in [0.717, 1.165) is 11.1 Å². The molecule has 0 radical (unpaired) electrons. The molecule has 0 rings (SSSR count). The molecule has 0 aromatic rings. The monoisotopic (exact) mass is 182 g/mol. The van der Waals surface area contributed by atoms with Gasteiger partial charge in [-0.15, -0.1) is 0 Å². The van der Waals surface area contributed by atoms with E-state index in [1.807, 2.05) is 0 Å². The maximum absolute atomic E-state index is 10.9. The second-order valence-corrected chi connectivity index (χ2v) is 3.18. The number of hydrogen-bond acceptors (Lipinski definition) is 3. The van der Waals surface area contributed by atoms with Gasteiger partial charge in [0.25, 0.3) is 0 Å². The molecule has 13 heavy (non-hydrogen) atoms. The molecule has 0 N–H and O–H groups in total. The Hall–Kier alpha value is -1.38. The Balaban J connectivity index is 4.16. The maximum atomic E-state index is 10.9. The zero-order valence-corrected chi connectivity index (χ0v) is 8.38. The predicted molar refractivity (Wildman–Crippen MR) is 50.0 cm³/mol. The van der Waals surface area contributed by atoms with E-state index in [4.69, 9.17) is 0 Å². The van der Waals surface area contributed by atoms with E-state index in [1.165, 1.54) is 12.2 Å². The van der Waals surface area contributed by atoms with Gasteiger partial charge in [-0.1, -0.05) is 11.1 Å². The van der Waals surface area contributed by atoms with E-state index in [-0.39, 0.29) is 0 Å². The van der Waals surface area contributed by atoms with E-state index in [9.17, 15) is 9.59 Å². The van der Waals surface area contributed by atoms with Crippen molar-refractivity contribution >= 4 is 11.9 Å². The molecule has 3 heteroatoms. The normalized spacial score (nSPS) is 8.62. The highest BCUT2D eigenvalue weighted by molar-refractivity contribution is 5.96. The van der Waals surface area contributed by atoms with Gasteiger partial charge in [-0.25, -0.2) is 9.59 Å². The Morgan fingerprint density at radius 1 is 0.846 bits per heavy atom. The molecule has 0 saturated carbocycles. The van der Waals surface area contributed by atoms with Crippen molar-refractivity contribution < 1.29 is 14.3 Å². The summed E-state index contributed by atoms with van der Waals surface area (Å²) in [5.74, 6) is -1.25. The molecule has 0 atom stereocenters. The van der Waals surface area contributed by atoms with Crippen molar-refractivity contribution in [1.29, 1.82) is 0 Å². The number of esters is 2. The van der Waals surface area contributed by atoms with E-state index in [0.29, 0.717) is 0 Å². The third-order valence-electron chi connectivity index (χ3n) is 1.01. The molecule has 0 unspecified atom stereocenters. The SMILES string of the molecule is CC(C)=CC(=O)OC(=O)C=C(C)C. The molecule has 0 aromatic heterocycles. The molecule has 0 aliphatic carbocycles. The van der Waals surface area contributed by atoms with Gasteiger partial charge in [0.1, 0.15) is 0 Å². The molecule has 3 nitrogen and oxygen atoms in total. The molecule has 72 valence electrons. The lowest BCUT2D eigenvalue weighted by Crippen LogP contribution is -2.07. The first-order valence-electron chi connectivity index (χ1n) is 3.97. The van der Waals surface area contributed by atoms with Crippen LogP contribution >= 0.6 is 0 Å². The summed E-state index contributed by atoms with van der Waals surface area (Å²) < 4.78 is 4.44. The van der Waals surface area contributed by atoms with Crippen LogP contribution in [0, 0.1) is 0 Å². The Bertz CT molecular complexity index is 236. The van der Waals surface area contributed by atoms with Crippen LogP contribution in [0.25, 0.3) is 0 Å². The predicted octanol–water partition coefficient (Wildman–Crippen LogP) is 1.99. The first kappa shape index (κ1) is 11.6. The average molecular weight is 182 g/mol. The van der Waals surface area contributed by atoms with Gasteiger partial charge in [0, 0.05) is 12.2 Å². The van der Waals surface area contributed by atoms with Crippen LogP contribution in [0.1, 0.15) is 27.7 Å². The lowest BCUT2D eigenvalue weighted by Gasteiger charge is -1.95. The Morgan fingerprint density at radius 3 is 1.38 bits per heavy atom. The number of allylic oxidation sites excluding steroid dienone is 2. The van der Waals surface area contributed by atoms with Gasteiger partial charge in [-0.3, -0.25) is 0 Å². The molecule has 0 saturated heterocycles. The first-order chi connectivity index (χ1) is 5.91. The number of hydrogen-bond donors (Lipinski definition) is 0. The maximum Gasteiger partial charge on any atom is 0.338 e. The van der Waals surface area contributed by atoms with Gasteiger partial charge in [0.15, 0.2) is 0 Å². The number of ether oxygens (including phenoxy) is 1. The summed E-state index contributed by atoms with van der Waals surface area (Å²) in [5, 5.41) is 0. The Kier molecular flexibility index (Phi) is 4.74. The molecule has 0 amide bonds. The highest BCUT2D eigenvalue weighted by Gasteiger charge is 2.03. The fraction of sp³-hybridized carbons (Fsp3) is 0.400. The molecule has 0 fully saturated rings. The van der Waals surface area contributed by atoms with E-state index in [1.54, 1.807) is 27.7 Å². The number of carbonyl (C=O) groups is 2. The van der Waals surface area contributed by atoms with Crippen LogP contribution in [-0.2, 0) is 14.3 Å². The quantitative estimate of drug-likeness (QED) is 0.372. The van der Waals surface area contributed by atoms with E-state index >= 15 is 0 Å². The van der Waals surface area contributed by atoms with Crippen molar-refractivity contribution in [3.05, 3.63) is 23.3 Å². The average Bonchev–Trinajstić information content (AvgIpc) is 1.80. The summed E-state index contributed by atoms with van der Waals surface area (Å²) in [6.07, 6.45) is 2.55. The highest BCUT2D eigenvalue weighted by Crippen LogP contribution is 1.94. The molecular formula is C10H14O3. The number of rotatable bonds is 2. The fourth-order valence-electron chi connectivity index (χ4n) is 0.629. The van der Waals surface area contributed by atoms with Crippen LogP contribution in [0.15, 0.2) is 23.3 Å². The van der Waals surface area contributed by atoms with Gasteiger partial charge < -0.3 is 4.74 Å². The van der Waals surface area contributed by atoms with Crippen molar-refractivity contribution in [2.24, 2.45) is 0 Å². The zero-order valence-electron chi connectivity index (χ0n) is 8.38. The van der Waals surface area contributed by atoms with Crippen LogP contribution in [-0.4, -0.2) is 11.9 Å². The largest absolute Gasteiger partial charge is 0.387 e. The van der Waals surface area contributed by atoms with Crippen molar-refractivity contribution in [1.82, 2.24) is 0 Å². The molecule has 0 aromatic carbocycles.